The summed E-state index contributed by atoms with van der Waals surface area (Å²) in [6.45, 7) is 0.946. The number of nitriles is 1. The van der Waals surface area contributed by atoms with E-state index in [9.17, 15) is 14.4 Å². The molecule has 156 valence electrons. The van der Waals surface area contributed by atoms with Crippen LogP contribution in [0.25, 0.3) is 0 Å². The molecule has 0 aliphatic heterocycles. The van der Waals surface area contributed by atoms with E-state index in [0.29, 0.717) is 17.2 Å². The standard InChI is InChI=1S/C21H21N3O6/c1-13(20(26)24-18-7-5-4-6-14(18)11-22)30-19(25)12-23-21(27)15-8-16(28-2)10-17(9-15)29-3/h4-10,13H,12H2,1-3H3,(H,23,27)(H,24,26)/t13-/m0/s1. The first kappa shape index (κ1) is 22.2. The van der Waals surface area contributed by atoms with Crippen LogP contribution in [0.2, 0.25) is 0 Å². The molecule has 9 nitrogen and oxygen atoms in total. The van der Waals surface area contributed by atoms with Gasteiger partial charge in [0.2, 0.25) is 0 Å². The third-order valence-corrected chi connectivity index (χ3v) is 3.99. The predicted molar refractivity (Wildman–Crippen MR) is 107 cm³/mol. The lowest BCUT2D eigenvalue weighted by atomic mass is 10.2. The largest absolute Gasteiger partial charge is 0.497 e. The highest BCUT2D eigenvalue weighted by Crippen LogP contribution is 2.22. The minimum absolute atomic E-state index is 0.234. The van der Waals surface area contributed by atoms with E-state index in [0.717, 1.165) is 0 Å². The van der Waals surface area contributed by atoms with Crippen molar-refractivity contribution in [3.63, 3.8) is 0 Å². The van der Waals surface area contributed by atoms with E-state index in [4.69, 9.17) is 19.5 Å². The summed E-state index contributed by atoms with van der Waals surface area (Å²) in [4.78, 5) is 36.5. The van der Waals surface area contributed by atoms with Crippen LogP contribution in [-0.4, -0.2) is 44.7 Å². The average Bonchev–Trinajstić information content (AvgIpc) is 2.77. The Morgan fingerprint density at radius 3 is 2.30 bits per heavy atom. The minimum Gasteiger partial charge on any atom is -0.497 e. The Bertz CT molecular complexity index is 961. The summed E-state index contributed by atoms with van der Waals surface area (Å²) in [7, 11) is 2.91. The second-order valence-electron chi connectivity index (χ2n) is 6.06. The number of esters is 1. The van der Waals surface area contributed by atoms with Crippen molar-refractivity contribution in [1.29, 1.82) is 5.26 Å². The molecule has 0 aliphatic carbocycles. The molecule has 0 saturated carbocycles. The van der Waals surface area contributed by atoms with Crippen molar-refractivity contribution in [3.8, 4) is 17.6 Å². The molecule has 0 unspecified atom stereocenters. The van der Waals surface area contributed by atoms with Crippen LogP contribution < -0.4 is 20.1 Å². The molecule has 2 aromatic rings. The SMILES string of the molecule is COc1cc(OC)cc(C(=O)NCC(=O)O[C@@H](C)C(=O)Nc2ccccc2C#N)c1. The Hall–Kier alpha value is -4.06. The number of hydrogen-bond acceptors (Lipinski definition) is 7. The fourth-order valence-electron chi connectivity index (χ4n) is 2.41. The van der Waals surface area contributed by atoms with E-state index in [1.54, 1.807) is 30.3 Å². The van der Waals surface area contributed by atoms with E-state index < -0.39 is 30.4 Å². The quantitative estimate of drug-likeness (QED) is 0.635. The Morgan fingerprint density at radius 2 is 1.70 bits per heavy atom. The fourth-order valence-corrected chi connectivity index (χ4v) is 2.41. The topological polar surface area (TPSA) is 127 Å². The highest BCUT2D eigenvalue weighted by atomic mass is 16.5. The number of hydrogen-bond donors (Lipinski definition) is 2. The van der Waals surface area contributed by atoms with Gasteiger partial charge in [-0.3, -0.25) is 14.4 Å². The lowest BCUT2D eigenvalue weighted by Gasteiger charge is -2.14. The number of benzene rings is 2. The van der Waals surface area contributed by atoms with Crippen LogP contribution in [0.4, 0.5) is 5.69 Å². The van der Waals surface area contributed by atoms with E-state index >= 15 is 0 Å². The molecular formula is C21H21N3O6. The molecule has 0 aromatic heterocycles. The third kappa shape index (κ3) is 5.97. The van der Waals surface area contributed by atoms with Crippen molar-refractivity contribution < 1.29 is 28.6 Å². The number of carbonyl (C=O) groups excluding carboxylic acids is 3. The number of ether oxygens (including phenoxy) is 3. The summed E-state index contributed by atoms with van der Waals surface area (Å²) in [5.41, 5.74) is 0.830. The summed E-state index contributed by atoms with van der Waals surface area (Å²) >= 11 is 0. The van der Waals surface area contributed by atoms with Gasteiger partial charge in [0.05, 0.1) is 25.5 Å². The molecule has 9 heteroatoms. The maximum atomic E-state index is 12.3. The molecule has 30 heavy (non-hydrogen) atoms. The summed E-state index contributed by atoms with van der Waals surface area (Å²) in [5.74, 6) is -1.09. The Morgan fingerprint density at radius 1 is 1.07 bits per heavy atom. The van der Waals surface area contributed by atoms with E-state index in [1.165, 1.54) is 33.3 Å². The van der Waals surface area contributed by atoms with Crippen molar-refractivity contribution in [3.05, 3.63) is 53.6 Å². The molecule has 1 atom stereocenters. The molecule has 0 heterocycles. The van der Waals surface area contributed by atoms with Crippen molar-refractivity contribution in [2.45, 2.75) is 13.0 Å². The van der Waals surface area contributed by atoms with Crippen molar-refractivity contribution >= 4 is 23.5 Å². The number of para-hydroxylation sites is 1. The van der Waals surface area contributed by atoms with Gasteiger partial charge in [-0.05, 0) is 31.2 Å². The molecule has 2 N–H and O–H groups in total. The molecule has 0 aliphatic rings. The molecule has 0 spiro atoms. The molecule has 0 saturated heterocycles. The number of rotatable bonds is 8. The van der Waals surface area contributed by atoms with Crippen LogP contribution in [0.15, 0.2) is 42.5 Å². The molecule has 0 bridgehead atoms. The highest BCUT2D eigenvalue weighted by Gasteiger charge is 2.20. The number of carbonyl (C=O) groups is 3. The summed E-state index contributed by atoms with van der Waals surface area (Å²) in [6.07, 6.45) is -1.13. The lowest BCUT2D eigenvalue weighted by molar-refractivity contribution is -0.152. The Kier molecular flexibility index (Phi) is 7.76. The van der Waals surface area contributed by atoms with Crippen LogP contribution in [0.3, 0.4) is 0 Å². The molecule has 2 aromatic carbocycles. The molecule has 0 radical (unpaired) electrons. The summed E-state index contributed by atoms with van der Waals surface area (Å²) in [5, 5.41) is 14.0. The van der Waals surface area contributed by atoms with Gasteiger partial charge >= 0.3 is 5.97 Å². The first-order chi connectivity index (χ1) is 14.4. The van der Waals surface area contributed by atoms with Gasteiger partial charge in [-0.25, -0.2) is 0 Å². The van der Waals surface area contributed by atoms with Gasteiger partial charge in [0.15, 0.2) is 6.10 Å². The van der Waals surface area contributed by atoms with Crippen LogP contribution in [-0.2, 0) is 14.3 Å². The van der Waals surface area contributed by atoms with Crippen molar-refractivity contribution in [2.75, 3.05) is 26.1 Å². The van der Waals surface area contributed by atoms with Crippen LogP contribution in [0, 0.1) is 11.3 Å². The van der Waals surface area contributed by atoms with Crippen LogP contribution >= 0.6 is 0 Å². The van der Waals surface area contributed by atoms with Crippen molar-refractivity contribution in [1.82, 2.24) is 5.32 Å². The van der Waals surface area contributed by atoms with Gasteiger partial charge in [-0.1, -0.05) is 12.1 Å². The van der Waals surface area contributed by atoms with E-state index in [1.807, 2.05) is 6.07 Å². The van der Waals surface area contributed by atoms with Crippen LogP contribution in [0.5, 0.6) is 11.5 Å². The number of anilines is 1. The Balaban J connectivity index is 1.90. The number of nitrogens with zero attached hydrogens (tertiary/aromatic N) is 1. The van der Waals surface area contributed by atoms with Crippen LogP contribution in [0.1, 0.15) is 22.8 Å². The van der Waals surface area contributed by atoms with Gasteiger partial charge in [0.25, 0.3) is 11.8 Å². The number of methoxy groups -OCH3 is 2. The van der Waals surface area contributed by atoms with Gasteiger partial charge in [-0.2, -0.15) is 5.26 Å². The monoisotopic (exact) mass is 411 g/mol. The van der Waals surface area contributed by atoms with E-state index in [-0.39, 0.29) is 11.1 Å². The number of amides is 2. The van der Waals surface area contributed by atoms with Gasteiger partial charge in [0.1, 0.15) is 24.1 Å². The maximum absolute atomic E-state index is 12.3. The number of nitrogens with one attached hydrogen (secondary N) is 2. The first-order valence-corrected chi connectivity index (χ1v) is 8.88. The average molecular weight is 411 g/mol. The van der Waals surface area contributed by atoms with Gasteiger partial charge in [0, 0.05) is 11.6 Å². The maximum Gasteiger partial charge on any atom is 0.326 e. The van der Waals surface area contributed by atoms with E-state index in [2.05, 4.69) is 10.6 Å². The van der Waals surface area contributed by atoms with Gasteiger partial charge < -0.3 is 24.8 Å². The van der Waals surface area contributed by atoms with Gasteiger partial charge in [-0.15, -0.1) is 0 Å². The second-order valence-corrected chi connectivity index (χ2v) is 6.06. The zero-order valence-corrected chi connectivity index (χ0v) is 16.7. The zero-order chi connectivity index (χ0) is 22.1. The zero-order valence-electron chi connectivity index (χ0n) is 16.7. The second kappa shape index (κ2) is 10.5. The first-order valence-electron chi connectivity index (χ1n) is 8.88. The Labute approximate surface area is 173 Å². The smallest absolute Gasteiger partial charge is 0.326 e. The summed E-state index contributed by atoms with van der Waals surface area (Å²) in [6, 6.07) is 13.0. The predicted octanol–water partition coefficient (Wildman–Crippen LogP) is 1.88. The summed E-state index contributed by atoms with van der Waals surface area (Å²) < 4.78 is 15.2. The molecule has 0 fully saturated rings. The normalized spacial score (nSPS) is 10.9. The fraction of sp³-hybridized carbons (Fsp3) is 0.238. The lowest BCUT2D eigenvalue weighted by Crippen LogP contribution is -2.36. The highest BCUT2D eigenvalue weighted by molar-refractivity contribution is 5.98. The molecular weight excluding hydrogens is 390 g/mol. The third-order valence-electron chi connectivity index (χ3n) is 3.99. The van der Waals surface area contributed by atoms with Crippen molar-refractivity contribution in [2.24, 2.45) is 0 Å². The molecule has 2 rings (SSSR count). The minimum atomic E-state index is -1.13. The molecule has 2 amide bonds.